The zero-order valence-electron chi connectivity index (χ0n) is 16.2. The minimum atomic E-state index is -0.183. The van der Waals surface area contributed by atoms with Crippen molar-refractivity contribution >= 4 is 17.2 Å². The lowest BCUT2D eigenvalue weighted by Crippen LogP contribution is -2.43. The number of nitrogens with one attached hydrogen (secondary N) is 1. The molecule has 2 aromatic rings. The first-order chi connectivity index (χ1) is 13.1. The molecule has 0 aliphatic carbocycles. The molecule has 6 nitrogen and oxygen atoms in total. The molecular formula is C20H28N4O2S. The lowest BCUT2D eigenvalue weighted by Gasteiger charge is -2.40. The third-order valence-electron chi connectivity index (χ3n) is 5.63. The Labute approximate surface area is 164 Å². The normalized spacial score (nSPS) is 18.4. The summed E-state index contributed by atoms with van der Waals surface area (Å²) in [5.41, 5.74) is 1.13. The topological polar surface area (TPSA) is 59.4 Å². The van der Waals surface area contributed by atoms with Gasteiger partial charge >= 0.3 is 0 Å². The smallest absolute Gasteiger partial charge is 0.264 e. The van der Waals surface area contributed by atoms with E-state index in [2.05, 4.69) is 23.3 Å². The summed E-state index contributed by atoms with van der Waals surface area (Å²) in [6.45, 7) is 6.09. The van der Waals surface area contributed by atoms with Gasteiger partial charge in [-0.05, 0) is 50.4 Å². The maximum Gasteiger partial charge on any atom is 0.264 e. The molecule has 0 atom stereocenters. The van der Waals surface area contributed by atoms with Crippen molar-refractivity contribution in [2.75, 3.05) is 26.2 Å². The van der Waals surface area contributed by atoms with Crippen molar-refractivity contribution in [1.29, 1.82) is 0 Å². The van der Waals surface area contributed by atoms with E-state index in [1.165, 1.54) is 10.4 Å². The number of imidazole rings is 1. The maximum absolute atomic E-state index is 13.3. The highest BCUT2D eigenvalue weighted by Gasteiger charge is 2.41. The highest BCUT2D eigenvalue weighted by molar-refractivity contribution is 7.14. The van der Waals surface area contributed by atoms with Gasteiger partial charge in [-0.15, -0.1) is 11.3 Å². The predicted octanol–water partition coefficient (Wildman–Crippen LogP) is 2.69. The van der Waals surface area contributed by atoms with E-state index in [4.69, 9.17) is 4.74 Å². The summed E-state index contributed by atoms with van der Waals surface area (Å²) < 4.78 is 8.25. The van der Waals surface area contributed by atoms with Gasteiger partial charge in [0.15, 0.2) is 0 Å². The number of amides is 1. The van der Waals surface area contributed by atoms with Gasteiger partial charge in [-0.1, -0.05) is 6.92 Å². The van der Waals surface area contributed by atoms with Crippen LogP contribution in [-0.2, 0) is 30.4 Å². The fourth-order valence-corrected chi connectivity index (χ4v) is 5.51. The van der Waals surface area contributed by atoms with Crippen LogP contribution in [0, 0.1) is 0 Å². The van der Waals surface area contributed by atoms with Crippen LogP contribution in [0.3, 0.4) is 0 Å². The number of ether oxygens (including phenoxy) is 1. The molecule has 2 aliphatic rings. The number of aryl methyl sites for hydroxylation is 1. The zero-order chi connectivity index (χ0) is 18.9. The summed E-state index contributed by atoms with van der Waals surface area (Å²) in [5, 5.41) is 3.42. The Morgan fingerprint density at radius 3 is 2.96 bits per heavy atom. The summed E-state index contributed by atoms with van der Waals surface area (Å²) in [6.07, 6.45) is 7.51. The van der Waals surface area contributed by atoms with Crippen molar-refractivity contribution in [3.05, 3.63) is 39.6 Å². The molecule has 7 heteroatoms. The summed E-state index contributed by atoms with van der Waals surface area (Å²) in [7, 11) is 1.97. The molecule has 27 heavy (non-hydrogen) atoms. The van der Waals surface area contributed by atoms with Crippen LogP contribution in [0.2, 0.25) is 0 Å². The van der Waals surface area contributed by atoms with E-state index < -0.39 is 0 Å². The minimum absolute atomic E-state index is 0.114. The van der Waals surface area contributed by atoms with E-state index in [-0.39, 0.29) is 11.5 Å². The molecule has 4 heterocycles. The number of hydrogen-bond acceptors (Lipinski definition) is 5. The quantitative estimate of drug-likeness (QED) is 0.856. The molecule has 2 aliphatic heterocycles. The number of piperidine rings is 1. The standard InChI is InChI=1S/C20H28N4O2S/c1-3-10-24(14-17-22-9-11-23(17)2)19(25)16-13-15-4-12-26-20(18(15)27-16)5-7-21-8-6-20/h9,11,13,21H,3-8,10,12,14H2,1-2H3. The zero-order valence-corrected chi connectivity index (χ0v) is 17.0. The Kier molecular flexibility index (Phi) is 5.34. The first kappa shape index (κ1) is 18.7. The molecule has 0 bridgehead atoms. The summed E-state index contributed by atoms with van der Waals surface area (Å²) in [5.74, 6) is 1.03. The Balaban J connectivity index is 1.60. The van der Waals surface area contributed by atoms with E-state index in [0.29, 0.717) is 6.54 Å². The van der Waals surface area contributed by atoms with Gasteiger partial charge in [0.25, 0.3) is 5.91 Å². The summed E-state index contributed by atoms with van der Waals surface area (Å²) in [6, 6.07) is 2.12. The lowest BCUT2D eigenvalue weighted by atomic mass is 9.86. The second-order valence-corrected chi connectivity index (χ2v) is 8.54. The molecule has 1 fully saturated rings. The largest absolute Gasteiger partial charge is 0.369 e. The van der Waals surface area contributed by atoms with Gasteiger partial charge in [-0.3, -0.25) is 4.79 Å². The Morgan fingerprint density at radius 2 is 2.26 bits per heavy atom. The first-order valence-electron chi connectivity index (χ1n) is 9.86. The average Bonchev–Trinajstić information content (AvgIpc) is 3.29. The second-order valence-electron chi connectivity index (χ2n) is 7.49. The third kappa shape index (κ3) is 3.56. The average molecular weight is 389 g/mol. The van der Waals surface area contributed by atoms with Crippen LogP contribution in [0.5, 0.6) is 0 Å². The van der Waals surface area contributed by atoms with Crippen LogP contribution in [0.1, 0.15) is 52.1 Å². The molecule has 1 spiro atoms. The van der Waals surface area contributed by atoms with E-state index >= 15 is 0 Å². The number of fused-ring (bicyclic) bond motifs is 2. The molecule has 0 unspecified atom stereocenters. The molecule has 0 aromatic carbocycles. The molecule has 2 aromatic heterocycles. The molecule has 0 saturated carbocycles. The number of carbonyl (C=O) groups excluding carboxylic acids is 1. The van der Waals surface area contributed by atoms with E-state index in [1.807, 2.05) is 22.7 Å². The highest BCUT2D eigenvalue weighted by Crippen LogP contribution is 2.44. The van der Waals surface area contributed by atoms with Crippen molar-refractivity contribution in [2.45, 2.75) is 44.8 Å². The second kappa shape index (κ2) is 7.73. The van der Waals surface area contributed by atoms with Crippen LogP contribution in [0.4, 0.5) is 0 Å². The van der Waals surface area contributed by atoms with Crippen molar-refractivity contribution in [1.82, 2.24) is 19.8 Å². The van der Waals surface area contributed by atoms with Gasteiger partial charge in [0.05, 0.1) is 18.0 Å². The summed E-state index contributed by atoms with van der Waals surface area (Å²) in [4.78, 5) is 21.7. The number of thiophene rings is 1. The van der Waals surface area contributed by atoms with Crippen molar-refractivity contribution in [2.24, 2.45) is 7.05 Å². The Bertz CT molecular complexity index is 807. The number of aromatic nitrogens is 2. The fourth-order valence-electron chi connectivity index (χ4n) is 4.13. The number of carbonyl (C=O) groups is 1. The molecule has 0 radical (unpaired) electrons. The maximum atomic E-state index is 13.3. The molecule has 146 valence electrons. The van der Waals surface area contributed by atoms with Gasteiger partial charge in [0.1, 0.15) is 11.4 Å². The van der Waals surface area contributed by atoms with Crippen LogP contribution in [-0.4, -0.2) is 46.6 Å². The molecule has 4 rings (SSSR count). The molecule has 1 N–H and O–H groups in total. The fraction of sp³-hybridized carbons (Fsp3) is 0.600. The van der Waals surface area contributed by atoms with Gasteiger partial charge < -0.3 is 19.5 Å². The van der Waals surface area contributed by atoms with Crippen LogP contribution < -0.4 is 5.32 Å². The Morgan fingerprint density at radius 1 is 1.44 bits per heavy atom. The van der Waals surface area contributed by atoms with Gasteiger partial charge in [-0.25, -0.2) is 4.98 Å². The summed E-state index contributed by atoms with van der Waals surface area (Å²) >= 11 is 1.65. The van der Waals surface area contributed by atoms with Crippen LogP contribution in [0.25, 0.3) is 0 Å². The van der Waals surface area contributed by atoms with Gasteiger partial charge in [0, 0.05) is 30.9 Å². The first-order valence-corrected chi connectivity index (χ1v) is 10.7. The lowest BCUT2D eigenvalue weighted by molar-refractivity contribution is -0.0771. The molecular weight excluding hydrogens is 360 g/mol. The van der Waals surface area contributed by atoms with E-state index in [1.54, 1.807) is 17.5 Å². The minimum Gasteiger partial charge on any atom is -0.369 e. The highest BCUT2D eigenvalue weighted by atomic mass is 32.1. The molecule has 1 amide bonds. The van der Waals surface area contributed by atoms with Gasteiger partial charge in [-0.2, -0.15) is 0 Å². The number of rotatable bonds is 5. The predicted molar refractivity (Wildman–Crippen MR) is 106 cm³/mol. The monoisotopic (exact) mass is 388 g/mol. The van der Waals surface area contributed by atoms with Crippen molar-refractivity contribution in [3.63, 3.8) is 0 Å². The number of nitrogens with zero attached hydrogens (tertiary/aromatic N) is 3. The van der Waals surface area contributed by atoms with E-state index in [9.17, 15) is 4.79 Å². The van der Waals surface area contributed by atoms with Gasteiger partial charge in [0.2, 0.25) is 0 Å². The van der Waals surface area contributed by atoms with E-state index in [0.717, 1.165) is 62.6 Å². The molecule has 1 saturated heterocycles. The van der Waals surface area contributed by atoms with Crippen LogP contribution >= 0.6 is 11.3 Å². The SMILES string of the molecule is CCCN(Cc1nccn1C)C(=O)c1cc2c(s1)C1(CCNCC1)OCC2. The third-order valence-corrected chi connectivity index (χ3v) is 6.98. The van der Waals surface area contributed by atoms with Crippen molar-refractivity contribution < 1.29 is 9.53 Å². The number of hydrogen-bond donors (Lipinski definition) is 1. The van der Waals surface area contributed by atoms with Crippen molar-refractivity contribution in [3.8, 4) is 0 Å². The van der Waals surface area contributed by atoms with Crippen LogP contribution in [0.15, 0.2) is 18.5 Å². The Hall–Kier alpha value is -1.70.